The van der Waals surface area contributed by atoms with Gasteiger partial charge in [0.05, 0.1) is 17.7 Å². The summed E-state index contributed by atoms with van der Waals surface area (Å²) in [6.07, 6.45) is 1.16. The number of anilines is 1. The van der Waals surface area contributed by atoms with Gasteiger partial charge < -0.3 is 4.74 Å². The minimum Gasteiger partial charge on any atom is -0.496 e. The van der Waals surface area contributed by atoms with Crippen LogP contribution in [0.25, 0.3) is 6.08 Å². The summed E-state index contributed by atoms with van der Waals surface area (Å²) in [4.78, 5) is 48.3. The van der Waals surface area contributed by atoms with Gasteiger partial charge in [0.2, 0.25) is 0 Å². The van der Waals surface area contributed by atoms with Gasteiger partial charge in [-0.1, -0.05) is 18.2 Å². The first kappa shape index (κ1) is 17.8. The average molecular weight is 367 g/mol. The van der Waals surface area contributed by atoms with Crippen molar-refractivity contribution in [2.24, 2.45) is 0 Å². The van der Waals surface area contributed by atoms with Crippen molar-refractivity contribution in [3.8, 4) is 5.75 Å². The Hall–Kier alpha value is -4.01. The number of amides is 4. The second kappa shape index (κ2) is 7.08. The summed E-state index contributed by atoms with van der Waals surface area (Å²) in [6, 6.07) is 11.0. The number of rotatable bonds is 4. The van der Waals surface area contributed by atoms with Crippen LogP contribution in [0.5, 0.6) is 5.75 Å². The molecule has 1 N–H and O–H groups in total. The second-order valence-corrected chi connectivity index (χ2v) is 5.48. The molecule has 0 atom stereocenters. The van der Waals surface area contributed by atoms with Crippen LogP contribution in [0.3, 0.4) is 0 Å². The van der Waals surface area contributed by atoms with E-state index in [1.165, 1.54) is 25.3 Å². The first-order valence-corrected chi connectivity index (χ1v) is 7.71. The third-order valence-electron chi connectivity index (χ3n) is 3.84. The molecule has 0 radical (unpaired) electrons. The average Bonchev–Trinajstić information content (AvgIpc) is 2.65. The largest absolute Gasteiger partial charge is 0.496 e. The number of benzene rings is 2. The van der Waals surface area contributed by atoms with Gasteiger partial charge in [-0.2, -0.15) is 0 Å². The zero-order valence-corrected chi connectivity index (χ0v) is 14.0. The number of para-hydroxylation sites is 1. The molecule has 0 saturated carbocycles. The van der Waals surface area contributed by atoms with Gasteiger partial charge in [-0.3, -0.25) is 25.0 Å². The van der Waals surface area contributed by atoms with Gasteiger partial charge in [0.15, 0.2) is 0 Å². The van der Waals surface area contributed by atoms with E-state index >= 15 is 0 Å². The first-order valence-electron chi connectivity index (χ1n) is 7.71. The molecule has 2 aromatic carbocycles. The van der Waals surface area contributed by atoms with Crippen LogP contribution in [-0.2, 0) is 9.59 Å². The van der Waals surface area contributed by atoms with Crippen LogP contribution in [0.1, 0.15) is 5.56 Å². The van der Waals surface area contributed by atoms with E-state index in [4.69, 9.17) is 4.74 Å². The second-order valence-electron chi connectivity index (χ2n) is 5.48. The van der Waals surface area contributed by atoms with Crippen LogP contribution in [0.2, 0.25) is 0 Å². The van der Waals surface area contributed by atoms with E-state index in [0.717, 1.165) is 11.0 Å². The van der Waals surface area contributed by atoms with Crippen LogP contribution >= 0.6 is 0 Å². The van der Waals surface area contributed by atoms with Gasteiger partial charge in [-0.05, 0) is 24.3 Å². The smallest absolute Gasteiger partial charge is 0.335 e. The lowest BCUT2D eigenvalue weighted by Gasteiger charge is -2.26. The highest BCUT2D eigenvalue weighted by Crippen LogP contribution is 2.28. The van der Waals surface area contributed by atoms with Crippen LogP contribution in [0.15, 0.2) is 54.1 Å². The van der Waals surface area contributed by atoms with Crippen LogP contribution in [-0.4, -0.2) is 29.9 Å². The number of nitrogens with zero attached hydrogens (tertiary/aromatic N) is 2. The maximum absolute atomic E-state index is 12.8. The molecule has 3 rings (SSSR count). The maximum atomic E-state index is 12.8. The minimum absolute atomic E-state index is 0.160. The lowest BCUT2D eigenvalue weighted by molar-refractivity contribution is -0.384. The van der Waals surface area contributed by atoms with Crippen molar-refractivity contribution in [3.05, 3.63) is 69.8 Å². The zero-order valence-electron chi connectivity index (χ0n) is 14.0. The van der Waals surface area contributed by atoms with Crippen LogP contribution in [0, 0.1) is 10.1 Å². The fourth-order valence-corrected chi connectivity index (χ4v) is 2.57. The molecule has 4 amide bonds. The SMILES string of the molecule is COc1ccc([N+](=O)[O-])cc1C=C1C(=O)NC(=O)N(c2ccccc2)C1=O. The van der Waals surface area contributed by atoms with E-state index in [9.17, 15) is 24.5 Å². The number of hydrogen-bond acceptors (Lipinski definition) is 6. The molecule has 1 heterocycles. The normalized spacial score (nSPS) is 15.7. The Morgan fingerprint density at radius 3 is 2.44 bits per heavy atom. The van der Waals surface area contributed by atoms with Gasteiger partial charge in [0.1, 0.15) is 11.3 Å². The molecule has 2 aromatic rings. The van der Waals surface area contributed by atoms with Gasteiger partial charge in [-0.25, -0.2) is 9.69 Å². The number of non-ortho nitro benzene ring substituents is 1. The van der Waals surface area contributed by atoms with Gasteiger partial charge >= 0.3 is 6.03 Å². The van der Waals surface area contributed by atoms with E-state index in [2.05, 4.69) is 5.32 Å². The van der Waals surface area contributed by atoms with E-state index in [1.54, 1.807) is 30.3 Å². The fourth-order valence-electron chi connectivity index (χ4n) is 2.57. The standard InChI is InChI=1S/C18H13N3O6/c1-27-15-8-7-13(21(25)26)9-11(15)10-14-16(22)19-18(24)20(17(14)23)12-5-3-2-4-6-12/h2-10H,1H3,(H,19,22,24). The van der Waals surface area contributed by atoms with E-state index in [0.29, 0.717) is 0 Å². The zero-order chi connectivity index (χ0) is 19.6. The quantitative estimate of drug-likeness (QED) is 0.383. The lowest BCUT2D eigenvalue weighted by atomic mass is 10.1. The van der Waals surface area contributed by atoms with Crippen molar-refractivity contribution in [1.82, 2.24) is 5.32 Å². The highest BCUT2D eigenvalue weighted by molar-refractivity contribution is 6.39. The topological polar surface area (TPSA) is 119 Å². The van der Waals surface area contributed by atoms with E-state index in [-0.39, 0.29) is 28.3 Å². The highest BCUT2D eigenvalue weighted by atomic mass is 16.6. The summed E-state index contributed by atoms with van der Waals surface area (Å²) in [5.74, 6) is -1.51. The van der Waals surface area contributed by atoms with Crippen molar-refractivity contribution >= 4 is 35.3 Å². The number of barbiturate groups is 1. The Labute approximate surface area is 153 Å². The Bertz CT molecular complexity index is 984. The molecule has 9 nitrogen and oxygen atoms in total. The number of ether oxygens (including phenoxy) is 1. The number of carbonyl (C=O) groups excluding carboxylic acids is 3. The number of imide groups is 2. The minimum atomic E-state index is -0.897. The van der Waals surface area contributed by atoms with Crippen molar-refractivity contribution in [2.45, 2.75) is 0 Å². The number of nitro benzene ring substituents is 1. The van der Waals surface area contributed by atoms with Crippen LogP contribution in [0.4, 0.5) is 16.2 Å². The summed E-state index contributed by atoms with van der Waals surface area (Å²) < 4.78 is 5.13. The van der Waals surface area contributed by atoms with Crippen molar-refractivity contribution < 1.29 is 24.0 Å². The molecule has 1 aliphatic rings. The van der Waals surface area contributed by atoms with Gasteiger partial charge in [-0.15, -0.1) is 0 Å². The number of carbonyl (C=O) groups is 3. The molecule has 0 aromatic heterocycles. The Balaban J connectivity index is 2.08. The van der Waals surface area contributed by atoms with Crippen molar-refractivity contribution in [3.63, 3.8) is 0 Å². The Morgan fingerprint density at radius 1 is 1.11 bits per heavy atom. The highest BCUT2D eigenvalue weighted by Gasteiger charge is 2.37. The molecule has 1 saturated heterocycles. The van der Waals surface area contributed by atoms with E-state index in [1.807, 2.05) is 0 Å². The summed E-state index contributed by atoms with van der Waals surface area (Å²) in [7, 11) is 1.35. The molecule has 27 heavy (non-hydrogen) atoms. The van der Waals surface area contributed by atoms with Gasteiger partial charge in [0.25, 0.3) is 17.5 Å². The van der Waals surface area contributed by atoms with Crippen LogP contribution < -0.4 is 15.0 Å². The van der Waals surface area contributed by atoms with Gasteiger partial charge in [0, 0.05) is 17.7 Å². The summed E-state index contributed by atoms with van der Waals surface area (Å²) in [5.41, 5.74) is -0.142. The summed E-state index contributed by atoms with van der Waals surface area (Å²) >= 11 is 0. The molecule has 9 heteroatoms. The fraction of sp³-hybridized carbons (Fsp3) is 0.0556. The molecule has 0 unspecified atom stereocenters. The monoisotopic (exact) mass is 367 g/mol. The summed E-state index contributed by atoms with van der Waals surface area (Å²) in [6.45, 7) is 0. The molecular formula is C18H13N3O6. The number of urea groups is 1. The molecule has 0 aliphatic carbocycles. The number of hydrogen-bond donors (Lipinski definition) is 1. The molecule has 136 valence electrons. The van der Waals surface area contributed by atoms with E-state index < -0.39 is 22.8 Å². The number of nitro groups is 1. The van der Waals surface area contributed by atoms with Crippen molar-refractivity contribution in [1.29, 1.82) is 0 Å². The number of methoxy groups -OCH3 is 1. The first-order chi connectivity index (χ1) is 12.9. The Kier molecular flexibility index (Phi) is 4.67. The predicted octanol–water partition coefficient (Wildman–Crippen LogP) is 2.27. The molecule has 0 spiro atoms. The third kappa shape index (κ3) is 3.38. The van der Waals surface area contributed by atoms with Crippen molar-refractivity contribution in [2.75, 3.05) is 12.0 Å². The molecule has 1 aliphatic heterocycles. The summed E-state index contributed by atoms with van der Waals surface area (Å²) in [5, 5.41) is 13.1. The molecule has 1 fully saturated rings. The maximum Gasteiger partial charge on any atom is 0.335 e. The number of nitrogens with one attached hydrogen (secondary N) is 1. The molecular weight excluding hydrogens is 354 g/mol. The third-order valence-corrected chi connectivity index (χ3v) is 3.84. The predicted molar refractivity (Wildman–Crippen MR) is 95.1 cm³/mol. The Morgan fingerprint density at radius 2 is 1.81 bits per heavy atom. The lowest BCUT2D eigenvalue weighted by Crippen LogP contribution is -2.54. The molecule has 0 bridgehead atoms.